The van der Waals surface area contributed by atoms with Crippen LogP contribution < -0.4 is 10.6 Å². The summed E-state index contributed by atoms with van der Waals surface area (Å²) in [5, 5.41) is 5.31. The van der Waals surface area contributed by atoms with E-state index in [-0.39, 0.29) is 36.7 Å². The van der Waals surface area contributed by atoms with Crippen molar-refractivity contribution in [3.8, 4) is 0 Å². The van der Waals surface area contributed by atoms with Gasteiger partial charge >= 0.3 is 0 Å². The Morgan fingerprint density at radius 2 is 1.73 bits per heavy atom. The highest BCUT2D eigenvalue weighted by Gasteiger charge is 2.18. The van der Waals surface area contributed by atoms with E-state index in [9.17, 15) is 14.4 Å². The van der Waals surface area contributed by atoms with Crippen molar-refractivity contribution >= 4 is 23.4 Å². The Labute approximate surface area is 156 Å². The van der Waals surface area contributed by atoms with Gasteiger partial charge in [0.15, 0.2) is 0 Å². The van der Waals surface area contributed by atoms with E-state index in [0.29, 0.717) is 18.7 Å². The summed E-state index contributed by atoms with van der Waals surface area (Å²) in [6, 6.07) is 7.43. The van der Waals surface area contributed by atoms with Crippen LogP contribution in [0.25, 0.3) is 0 Å². The molecule has 1 aromatic rings. The molecule has 26 heavy (non-hydrogen) atoms. The molecule has 1 aromatic carbocycles. The lowest BCUT2D eigenvalue weighted by Crippen LogP contribution is -2.44. The minimum Gasteiger partial charge on any atom is -0.345 e. The molecule has 0 heterocycles. The first-order valence-corrected chi connectivity index (χ1v) is 9.22. The molecule has 1 rings (SSSR count). The minimum atomic E-state index is -0.324. The number of carbonyl (C=O) groups excluding carboxylic acids is 3. The van der Waals surface area contributed by atoms with E-state index in [1.165, 1.54) is 0 Å². The average Bonchev–Trinajstić information content (AvgIpc) is 2.59. The second-order valence-electron chi connectivity index (χ2n) is 6.96. The van der Waals surface area contributed by atoms with E-state index in [0.717, 1.165) is 18.4 Å². The number of nitrogens with zero attached hydrogens (tertiary/aromatic N) is 1. The van der Waals surface area contributed by atoms with E-state index >= 15 is 0 Å². The lowest BCUT2D eigenvalue weighted by atomic mass is 10.1. The normalized spacial score (nSPS) is 10.5. The van der Waals surface area contributed by atoms with Gasteiger partial charge in [0.1, 0.15) is 0 Å². The number of hydrogen-bond acceptors (Lipinski definition) is 3. The number of anilines is 1. The van der Waals surface area contributed by atoms with E-state index in [4.69, 9.17) is 0 Å². The van der Waals surface area contributed by atoms with Crippen molar-refractivity contribution in [3.05, 3.63) is 29.8 Å². The molecule has 0 bridgehead atoms. The maximum Gasteiger partial charge on any atom is 0.243 e. The maximum atomic E-state index is 12.2. The Balaban J connectivity index is 2.46. The van der Waals surface area contributed by atoms with Crippen molar-refractivity contribution < 1.29 is 14.4 Å². The molecule has 0 saturated heterocycles. The summed E-state index contributed by atoms with van der Waals surface area (Å²) in [5.74, 6) is -0.359. The van der Waals surface area contributed by atoms with E-state index in [1.807, 2.05) is 52.0 Å². The van der Waals surface area contributed by atoms with Crippen LogP contribution in [0.1, 0.15) is 45.6 Å². The van der Waals surface area contributed by atoms with Crippen molar-refractivity contribution in [2.45, 2.75) is 47.0 Å². The summed E-state index contributed by atoms with van der Waals surface area (Å²) < 4.78 is 0. The molecule has 0 fully saturated rings. The quantitative estimate of drug-likeness (QED) is 0.672. The van der Waals surface area contributed by atoms with Gasteiger partial charge in [-0.15, -0.1) is 0 Å². The van der Waals surface area contributed by atoms with Crippen LogP contribution >= 0.6 is 0 Å². The van der Waals surface area contributed by atoms with Crippen molar-refractivity contribution in [3.63, 3.8) is 0 Å². The highest BCUT2D eigenvalue weighted by Crippen LogP contribution is 2.08. The number of carbonyl (C=O) groups is 3. The van der Waals surface area contributed by atoms with Crippen LogP contribution in [0.5, 0.6) is 0 Å². The van der Waals surface area contributed by atoms with Gasteiger partial charge in [0.25, 0.3) is 0 Å². The first-order valence-electron chi connectivity index (χ1n) is 9.22. The monoisotopic (exact) mass is 361 g/mol. The predicted octanol–water partition coefficient (Wildman–Crippen LogP) is 2.72. The molecule has 0 aliphatic carbocycles. The van der Waals surface area contributed by atoms with Crippen LogP contribution in [0.4, 0.5) is 5.69 Å². The number of nitrogens with one attached hydrogen (secondary N) is 2. The molecule has 144 valence electrons. The Morgan fingerprint density at radius 3 is 2.31 bits per heavy atom. The van der Waals surface area contributed by atoms with Crippen LogP contribution in [-0.4, -0.2) is 42.3 Å². The summed E-state index contributed by atoms with van der Waals surface area (Å²) in [7, 11) is 0. The first-order chi connectivity index (χ1) is 12.3. The summed E-state index contributed by atoms with van der Waals surface area (Å²) >= 11 is 0. The predicted molar refractivity (Wildman–Crippen MR) is 104 cm³/mol. The maximum absolute atomic E-state index is 12.2. The Bertz CT molecular complexity index is 597. The first kappa shape index (κ1) is 21.7. The number of unbranched alkanes of at least 4 members (excludes halogenated alkanes) is 1. The number of benzene rings is 1. The van der Waals surface area contributed by atoms with Gasteiger partial charge in [-0.3, -0.25) is 14.4 Å². The second-order valence-corrected chi connectivity index (χ2v) is 6.96. The van der Waals surface area contributed by atoms with Crippen LogP contribution in [0, 0.1) is 12.8 Å². The van der Waals surface area contributed by atoms with Gasteiger partial charge < -0.3 is 15.5 Å². The number of hydrogen-bond donors (Lipinski definition) is 2. The van der Waals surface area contributed by atoms with Crippen molar-refractivity contribution in [1.29, 1.82) is 0 Å². The molecule has 6 heteroatoms. The van der Waals surface area contributed by atoms with E-state index in [2.05, 4.69) is 10.6 Å². The SMILES string of the molecule is CCCCC(=O)N(CC(=O)NCC(=O)Nc1ccc(C)cc1)CC(C)C. The standard InChI is InChI=1S/C20H31N3O3/c1-5-6-7-20(26)23(13-15(2)3)14-19(25)21-12-18(24)22-17-10-8-16(4)9-11-17/h8-11,15H,5-7,12-14H2,1-4H3,(H,21,25)(H,22,24). The fourth-order valence-corrected chi connectivity index (χ4v) is 2.43. The molecular formula is C20H31N3O3. The number of amides is 3. The van der Waals surface area contributed by atoms with Crippen LogP contribution in [0.15, 0.2) is 24.3 Å². The summed E-state index contributed by atoms with van der Waals surface area (Å²) in [6.45, 7) is 8.41. The summed E-state index contributed by atoms with van der Waals surface area (Å²) in [4.78, 5) is 37.9. The molecular weight excluding hydrogens is 330 g/mol. The lowest BCUT2D eigenvalue weighted by Gasteiger charge is -2.24. The third-order valence-electron chi connectivity index (χ3n) is 3.80. The Kier molecular flexibility index (Phi) is 9.41. The van der Waals surface area contributed by atoms with Crippen LogP contribution in [0.3, 0.4) is 0 Å². The van der Waals surface area contributed by atoms with Crippen molar-refractivity contribution in [2.75, 3.05) is 25.0 Å². The van der Waals surface area contributed by atoms with Gasteiger partial charge in [-0.1, -0.05) is 44.9 Å². The molecule has 0 saturated carbocycles. The van der Waals surface area contributed by atoms with Crippen LogP contribution in [-0.2, 0) is 14.4 Å². The van der Waals surface area contributed by atoms with E-state index < -0.39 is 0 Å². The Hall–Kier alpha value is -2.37. The third kappa shape index (κ3) is 8.65. The van der Waals surface area contributed by atoms with Gasteiger partial charge in [-0.05, 0) is 31.4 Å². The van der Waals surface area contributed by atoms with Gasteiger partial charge in [-0.25, -0.2) is 0 Å². The summed E-state index contributed by atoms with van der Waals surface area (Å²) in [6.07, 6.45) is 2.20. The van der Waals surface area contributed by atoms with Crippen molar-refractivity contribution in [2.24, 2.45) is 5.92 Å². The minimum absolute atomic E-state index is 0.0141. The number of aryl methyl sites for hydroxylation is 1. The zero-order valence-electron chi connectivity index (χ0n) is 16.3. The molecule has 0 aliphatic heterocycles. The van der Waals surface area contributed by atoms with Gasteiger partial charge in [0.2, 0.25) is 17.7 Å². The molecule has 0 spiro atoms. The fourth-order valence-electron chi connectivity index (χ4n) is 2.43. The topological polar surface area (TPSA) is 78.5 Å². The average molecular weight is 361 g/mol. The molecule has 0 radical (unpaired) electrons. The molecule has 0 atom stereocenters. The van der Waals surface area contributed by atoms with Gasteiger partial charge in [0.05, 0.1) is 13.1 Å². The zero-order valence-corrected chi connectivity index (χ0v) is 16.3. The number of rotatable bonds is 10. The molecule has 3 amide bonds. The molecule has 2 N–H and O–H groups in total. The highest BCUT2D eigenvalue weighted by atomic mass is 16.2. The van der Waals surface area contributed by atoms with Gasteiger partial charge in [0, 0.05) is 18.7 Å². The zero-order chi connectivity index (χ0) is 19.5. The highest BCUT2D eigenvalue weighted by molar-refractivity contribution is 5.95. The summed E-state index contributed by atoms with van der Waals surface area (Å²) in [5.41, 5.74) is 1.79. The molecule has 6 nitrogen and oxygen atoms in total. The van der Waals surface area contributed by atoms with Crippen LogP contribution in [0.2, 0.25) is 0 Å². The second kappa shape index (κ2) is 11.3. The largest absolute Gasteiger partial charge is 0.345 e. The molecule has 0 unspecified atom stereocenters. The molecule has 0 aliphatic rings. The molecule has 0 aromatic heterocycles. The lowest BCUT2D eigenvalue weighted by molar-refractivity contribution is -0.136. The Morgan fingerprint density at radius 1 is 1.08 bits per heavy atom. The smallest absolute Gasteiger partial charge is 0.243 e. The van der Waals surface area contributed by atoms with E-state index in [1.54, 1.807) is 4.90 Å². The van der Waals surface area contributed by atoms with Crippen molar-refractivity contribution in [1.82, 2.24) is 10.2 Å². The third-order valence-corrected chi connectivity index (χ3v) is 3.80. The van der Waals surface area contributed by atoms with Gasteiger partial charge in [-0.2, -0.15) is 0 Å². The fraction of sp³-hybridized carbons (Fsp3) is 0.550.